The van der Waals surface area contributed by atoms with Crippen LogP contribution >= 0.6 is 0 Å². The number of fused-ring (bicyclic) bond motifs is 1. The van der Waals surface area contributed by atoms with Crippen molar-refractivity contribution in [1.29, 1.82) is 0 Å². The second-order valence-electron chi connectivity index (χ2n) is 3.64. The Labute approximate surface area is 109 Å². The van der Waals surface area contributed by atoms with Crippen LogP contribution in [-0.2, 0) is 0 Å². The molecule has 96 valence electrons. The van der Waals surface area contributed by atoms with E-state index in [2.05, 4.69) is 28.2 Å². The molecule has 0 aliphatic heterocycles. The average Bonchev–Trinajstić information content (AvgIpc) is 2.74. The number of aliphatic imine (C=N–C) groups is 1. The third-order valence-corrected chi connectivity index (χ3v) is 2.49. The maximum absolute atomic E-state index is 9.86. The van der Waals surface area contributed by atoms with Crippen LogP contribution in [0.2, 0.25) is 0 Å². The second-order valence-corrected chi connectivity index (χ2v) is 3.64. The lowest BCUT2D eigenvalue weighted by Crippen LogP contribution is -2.00. The Kier molecular flexibility index (Phi) is 3.42. The molecule has 6 nitrogen and oxygen atoms in total. The highest BCUT2D eigenvalue weighted by Gasteiger charge is 2.14. The monoisotopic (exact) mass is 255 g/mol. The quantitative estimate of drug-likeness (QED) is 0.644. The first-order valence-corrected chi connectivity index (χ1v) is 5.47. The summed E-state index contributed by atoms with van der Waals surface area (Å²) in [4.78, 5) is 7.88. The van der Waals surface area contributed by atoms with Crippen molar-refractivity contribution in [2.24, 2.45) is 4.99 Å². The molecule has 0 amide bonds. The molecule has 2 aromatic rings. The number of nitrogens with two attached hydrogens (primary N) is 1. The van der Waals surface area contributed by atoms with E-state index in [1.165, 1.54) is 17.0 Å². The van der Waals surface area contributed by atoms with Gasteiger partial charge < -0.3 is 10.8 Å². The number of allylic oxidation sites excluding steroid dienone is 3. The van der Waals surface area contributed by atoms with Gasteiger partial charge in [0.15, 0.2) is 5.82 Å². The Balaban J connectivity index is 2.73. The molecular weight excluding hydrogens is 242 g/mol. The molecule has 0 aliphatic carbocycles. The van der Waals surface area contributed by atoms with Crippen LogP contribution in [0.5, 0.6) is 5.88 Å². The molecular formula is C13H13N5O. The summed E-state index contributed by atoms with van der Waals surface area (Å²) in [6.07, 6.45) is 7.64. The molecule has 2 rings (SSSR count). The zero-order valence-corrected chi connectivity index (χ0v) is 10.2. The molecule has 19 heavy (non-hydrogen) atoms. The van der Waals surface area contributed by atoms with Crippen LogP contribution in [-0.4, -0.2) is 25.9 Å². The third kappa shape index (κ3) is 2.23. The summed E-state index contributed by atoms with van der Waals surface area (Å²) in [5, 5.41) is 13.8. The number of anilines is 1. The molecule has 0 radical (unpaired) electrons. The first-order valence-electron chi connectivity index (χ1n) is 5.47. The van der Waals surface area contributed by atoms with Gasteiger partial charge in [-0.15, -0.1) is 0 Å². The molecule has 0 bridgehead atoms. The Morgan fingerprint density at radius 2 is 2.26 bits per heavy atom. The van der Waals surface area contributed by atoms with Crippen LogP contribution in [0.3, 0.4) is 0 Å². The van der Waals surface area contributed by atoms with Gasteiger partial charge >= 0.3 is 0 Å². The summed E-state index contributed by atoms with van der Waals surface area (Å²) in [6.45, 7) is 7.16. The normalized spacial score (nSPS) is 12.1. The van der Waals surface area contributed by atoms with Gasteiger partial charge in [0, 0.05) is 29.6 Å². The lowest BCUT2D eigenvalue weighted by atomic mass is 10.1. The summed E-state index contributed by atoms with van der Waals surface area (Å²) < 4.78 is 1.32. The first kappa shape index (κ1) is 12.6. The molecule has 0 atom stereocenters. The van der Waals surface area contributed by atoms with Gasteiger partial charge in [0.05, 0.1) is 0 Å². The smallest absolute Gasteiger partial charge is 0.213 e. The Hall–Kier alpha value is -2.89. The van der Waals surface area contributed by atoms with E-state index in [9.17, 15) is 5.11 Å². The predicted molar refractivity (Wildman–Crippen MR) is 75.9 cm³/mol. The fraction of sp³-hybridized carbons (Fsp3) is 0. The largest absolute Gasteiger partial charge is 0.493 e. The molecule has 6 heteroatoms. The second kappa shape index (κ2) is 5.18. The highest BCUT2D eigenvalue weighted by molar-refractivity contribution is 6.14. The van der Waals surface area contributed by atoms with E-state index in [1.54, 1.807) is 24.4 Å². The number of aromatic nitrogens is 3. The van der Waals surface area contributed by atoms with Crippen LogP contribution in [0.4, 0.5) is 5.82 Å². The number of aromatic hydroxyl groups is 1. The number of nitrogens with zero attached hydrogens (tertiary/aromatic N) is 4. The molecule has 0 fully saturated rings. The molecule has 0 unspecified atom stereocenters. The Morgan fingerprint density at radius 1 is 1.47 bits per heavy atom. The number of hydrogen-bond acceptors (Lipinski definition) is 5. The third-order valence-electron chi connectivity index (χ3n) is 2.49. The van der Waals surface area contributed by atoms with E-state index in [0.717, 1.165) is 0 Å². The summed E-state index contributed by atoms with van der Waals surface area (Å²) in [5.74, 6) is 0.244. The minimum absolute atomic E-state index is 0.0268. The summed E-state index contributed by atoms with van der Waals surface area (Å²) >= 11 is 0. The average molecular weight is 255 g/mol. The van der Waals surface area contributed by atoms with Crippen molar-refractivity contribution in [1.82, 2.24) is 14.6 Å². The molecule has 3 N–H and O–H groups in total. The van der Waals surface area contributed by atoms with Crippen molar-refractivity contribution < 1.29 is 5.11 Å². The fourth-order valence-corrected chi connectivity index (χ4v) is 1.73. The van der Waals surface area contributed by atoms with Gasteiger partial charge in [0.25, 0.3) is 0 Å². The van der Waals surface area contributed by atoms with Gasteiger partial charge in [-0.05, 0) is 0 Å². The fourth-order valence-electron chi connectivity index (χ4n) is 1.73. The molecule has 2 aromatic heterocycles. The number of nitrogen functional groups attached to an aromatic ring is 1. The maximum Gasteiger partial charge on any atom is 0.213 e. The van der Waals surface area contributed by atoms with Gasteiger partial charge in [0.2, 0.25) is 5.88 Å². The van der Waals surface area contributed by atoms with Crippen molar-refractivity contribution in [3.63, 3.8) is 0 Å². The van der Waals surface area contributed by atoms with Crippen molar-refractivity contribution >= 4 is 23.1 Å². The van der Waals surface area contributed by atoms with Crippen LogP contribution in [0, 0.1) is 0 Å². The predicted octanol–water partition coefficient (Wildman–Crippen LogP) is 1.80. The molecule has 0 saturated carbocycles. The Bertz CT molecular complexity index is 696. The standard InChI is InChI=1S/C13H13N5O/c1-3-5-9(7-15-4-2)10-6-11(19)18-12(10)13(14)16-8-17-18/h3-8,19H,1-2H2,(H2,14,16,17)/b9-5+,15-7-. The van der Waals surface area contributed by atoms with E-state index < -0.39 is 0 Å². The van der Waals surface area contributed by atoms with Crippen molar-refractivity contribution in [2.45, 2.75) is 0 Å². The van der Waals surface area contributed by atoms with Gasteiger partial charge in [-0.3, -0.25) is 4.99 Å². The van der Waals surface area contributed by atoms with E-state index >= 15 is 0 Å². The lowest BCUT2D eigenvalue weighted by molar-refractivity contribution is 0.438. The van der Waals surface area contributed by atoms with Crippen molar-refractivity contribution in [3.8, 4) is 5.88 Å². The Morgan fingerprint density at radius 3 is 2.95 bits per heavy atom. The van der Waals surface area contributed by atoms with E-state index in [0.29, 0.717) is 16.7 Å². The van der Waals surface area contributed by atoms with Crippen LogP contribution in [0.25, 0.3) is 11.1 Å². The van der Waals surface area contributed by atoms with Crippen LogP contribution < -0.4 is 5.73 Å². The van der Waals surface area contributed by atoms with Crippen molar-refractivity contribution in [2.75, 3.05) is 5.73 Å². The van der Waals surface area contributed by atoms with Gasteiger partial charge in [-0.1, -0.05) is 25.3 Å². The molecule has 0 aliphatic rings. The van der Waals surface area contributed by atoms with Crippen LogP contribution in [0.1, 0.15) is 5.56 Å². The van der Waals surface area contributed by atoms with E-state index in [-0.39, 0.29) is 11.7 Å². The highest BCUT2D eigenvalue weighted by Crippen LogP contribution is 2.29. The summed E-state index contributed by atoms with van der Waals surface area (Å²) in [6, 6.07) is 1.55. The van der Waals surface area contributed by atoms with Gasteiger partial charge in [0.1, 0.15) is 11.8 Å². The molecule has 0 aromatic carbocycles. The SMILES string of the molecule is C=C/C=C(\C=N/C=C)c1cc(O)n2ncnc(N)c12. The molecule has 0 spiro atoms. The lowest BCUT2D eigenvalue weighted by Gasteiger charge is -2.01. The summed E-state index contributed by atoms with van der Waals surface area (Å²) in [7, 11) is 0. The number of hydrogen-bond donors (Lipinski definition) is 2. The van der Waals surface area contributed by atoms with Crippen molar-refractivity contribution in [3.05, 3.63) is 49.5 Å². The minimum atomic E-state index is -0.0268. The van der Waals surface area contributed by atoms with E-state index in [4.69, 9.17) is 5.73 Å². The van der Waals surface area contributed by atoms with E-state index in [1.807, 2.05) is 0 Å². The molecule has 0 saturated heterocycles. The van der Waals surface area contributed by atoms with Crippen LogP contribution in [0.15, 0.2) is 48.9 Å². The van der Waals surface area contributed by atoms with Gasteiger partial charge in [-0.25, -0.2) is 4.98 Å². The maximum atomic E-state index is 9.86. The van der Waals surface area contributed by atoms with Gasteiger partial charge in [-0.2, -0.15) is 9.61 Å². The first-order chi connectivity index (χ1) is 9.19. The zero-order valence-electron chi connectivity index (χ0n) is 10.2. The minimum Gasteiger partial charge on any atom is -0.493 e. The highest BCUT2D eigenvalue weighted by atomic mass is 16.3. The molecule has 2 heterocycles. The zero-order chi connectivity index (χ0) is 13.8. The topological polar surface area (TPSA) is 88.8 Å². The number of rotatable bonds is 4. The summed E-state index contributed by atoms with van der Waals surface area (Å²) in [5.41, 5.74) is 7.73.